The number of rotatable bonds is 7. The Hall–Kier alpha value is -0.920. The molecule has 0 atom stereocenters. The molecule has 1 heterocycles. The molecule has 0 aromatic carbocycles. The molecule has 1 aromatic heterocycles. The fraction of sp³-hybridized carbons (Fsp3) is 0.769. The van der Waals surface area contributed by atoms with Gasteiger partial charge in [0.15, 0.2) is 0 Å². The molecule has 2 rings (SSSR count). The first-order valence-corrected chi connectivity index (χ1v) is 8.51. The molecule has 3 N–H and O–H groups in total. The monoisotopic (exact) mass is 300 g/mol. The van der Waals surface area contributed by atoms with E-state index in [2.05, 4.69) is 16.7 Å². The van der Waals surface area contributed by atoms with Gasteiger partial charge in [0.25, 0.3) is 0 Å². The normalized spacial score (nSPS) is 17.4. The van der Waals surface area contributed by atoms with Crippen LogP contribution in [0, 0.1) is 19.3 Å². The van der Waals surface area contributed by atoms with Crippen molar-refractivity contribution in [2.24, 2.45) is 11.1 Å². The van der Waals surface area contributed by atoms with Gasteiger partial charge in [-0.15, -0.1) is 0 Å². The van der Waals surface area contributed by atoms with Gasteiger partial charge in [-0.1, -0.05) is 6.92 Å². The van der Waals surface area contributed by atoms with Gasteiger partial charge in [-0.25, -0.2) is 13.1 Å². The lowest BCUT2D eigenvalue weighted by molar-refractivity contribution is 0.529. The third-order valence-corrected chi connectivity index (χ3v) is 5.60. The van der Waals surface area contributed by atoms with E-state index >= 15 is 0 Å². The van der Waals surface area contributed by atoms with Crippen molar-refractivity contribution in [1.29, 1.82) is 0 Å². The quantitative estimate of drug-likeness (QED) is 0.783. The number of sulfonamides is 1. The second-order valence-corrected chi connectivity index (χ2v) is 7.70. The van der Waals surface area contributed by atoms with Gasteiger partial charge >= 0.3 is 0 Å². The average molecular weight is 300 g/mol. The highest BCUT2D eigenvalue weighted by molar-refractivity contribution is 7.89. The van der Waals surface area contributed by atoms with E-state index < -0.39 is 10.0 Å². The van der Waals surface area contributed by atoms with Crippen LogP contribution in [0.1, 0.15) is 37.6 Å². The molecule has 1 saturated carbocycles. The van der Waals surface area contributed by atoms with Gasteiger partial charge in [-0.05, 0) is 45.1 Å². The van der Waals surface area contributed by atoms with Crippen molar-refractivity contribution in [2.45, 2.75) is 51.5 Å². The standard InChI is InChI=1S/C13H24N4O2S/c1-10-12(11(2)17(16-10)8-4-7-14)20(18,19)15-9-13(3)5-6-13/h15H,4-9,14H2,1-3H3. The Bertz CT molecular complexity index is 588. The minimum absolute atomic E-state index is 0.143. The van der Waals surface area contributed by atoms with E-state index in [0.29, 0.717) is 35.9 Å². The highest BCUT2D eigenvalue weighted by Crippen LogP contribution is 2.44. The number of nitrogens with zero attached hydrogens (tertiary/aromatic N) is 2. The summed E-state index contributed by atoms with van der Waals surface area (Å²) in [6.07, 6.45) is 2.96. The summed E-state index contributed by atoms with van der Waals surface area (Å²) < 4.78 is 29.3. The summed E-state index contributed by atoms with van der Waals surface area (Å²) in [6, 6.07) is 0. The van der Waals surface area contributed by atoms with Gasteiger partial charge in [0.05, 0.1) is 11.4 Å². The Morgan fingerprint density at radius 1 is 1.40 bits per heavy atom. The first-order valence-electron chi connectivity index (χ1n) is 7.03. The molecule has 0 saturated heterocycles. The SMILES string of the molecule is Cc1nn(CCCN)c(C)c1S(=O)(=O)NCC1(C)CC1. The van der Waals surface area contributed by atoms with E-state index in [1.165, 1.54) is 0 Å². The first-order chi connectivity index (χ1) is 9.29. The number of hydrogen-bond acceptors (Lipinski definition) is 4. The molecule has 1 aromatic rings. The molecule has 6 nitrogen and oxygen atoms in total. The highest BCUT2D eigenvalue weighted by Gasteiger charge is 2.38. The highest BCUT2D eigenvalue weighted by atomic mass is 32.2. The van der Waals surface area contributed by atoms with Crippen molar-refractivity contribution in [2.75, 3.05) is 13.1 Å². The van der Waals surface area contributed by atoms with Crippen LogP contribution in [0.15, 0.2) is 4.90 Å². The fourth-order valence-corrected chi connectivity index (χ4v) is 3.87. The van der Waals surface area contributed by atoms with Crippen molar-refractivity contribution in [3.8, 4) is 0 Å². The van der Waals surface area contributed by atoms with Crippen molar-refractivity contribution in [3.05, 3.63) is 11.4 Å². The van der Waals surface area contributed by atoms with E-state index in [4.69, 9.17) is 5.73 Å². The maximum absolute atomic E-state index is 12.4. The summed E-state index contributed by atoms with van der Waals surface area (Å²) >= 11 is 0. The summed E-state index contributed by atoms with van der Waals surface area (Å²) in [7, 11) is -3.48. The molecule has 0 bridgehead atoms. The lowest BCUT2D eigenvalue weighted by Gasteiger charge is -2.11. The van der Waals surface area contributed by atoms with E-state index in [1.807, 2.05) is 0 Å². The van der Waals surface area contributed by atoms with Gasteiger partial charge in [0.1, 0.15) is 4.90 Å². The topological polar surface area (TPSA) is 90.0 Å². The van der Waals surface area contributed by atoms with Crippen LogP contribution in [0.3, 0.4) is 0 Å². The Balaban J connectivity index is 2.19. The van der Waals surface area contributed by atoms with Crippen LogP contribution in [-0.4, -0.2) is 31.3 Å². The average Bonchev–Trinajstić information content (AvgIpc) is 3.03. The second kappa shape index (κ2) is 5.46. The molecule has 0 amide bonds. The molecule has 114 valence electrons. The van der Waals surface area contributed by atoms with Crippen molar-refractivity contribution < 1.29 is 8.42 Å². The van der Waals surface area contributed by atoms with Gasteiger partial charge in [0.2, 0.25) is 10.0 Å². The summed E-state index contributed by atoms with van der Waals surface area (Å²) in [4.78, 5) is 0.318. The van der Waals surface area contributed by atoms with E-state index in [9.17, 15) is 8.42 Å². The number of aromatic nitrogens is 2. The van der Waals surface area contributed by atoms with Crippen LogP contribution in [-0.2, 0) is 16.6 Å². The van der Waals surface area contributed by atoms with Gasteiger partial charge in [-0.3, -0.25) is 4.68 Å². The summed E-state index contributed by atoms with van der Waals surface area (Å²) in [5.41, 5.74) is 6.86. The third-order valence-electron chi connectivity index (χ3n) is 3.95. The Morgan fingerprint density at radius 3 is 2.60 bits per heavy atom. The molecular formula is C13H24N4O2S. The first kappa shape index (κ1) is 15.5. The fourth-order valence-electron chi connectivity index (χ4n) is 2.26. The number of nitrogens with two attached hydrogens (primary N) is 1. The van der Waals surface area contributed by atoms with Crippen LogP contribution in [0.4, 0.5) is 0 Å². The predicted octanol–water partition coefficient (Wildman–Crippen LogP) is 0.927. The molecular weight excluding hydrogens is 276 g/mol. The molecule has 1 aliphatic carbocycles. The lowest BCUT2D eigenvalue weighted by Crippen LogP contribution is -2.30. The summed E-state index contributed by atoms with van der Waals surface area (Å²) in [5.74, 6) is 0. The predicted molar refractivity (Wildman–Crippen MR) is 77.9 cm³/mol. The Labute approximate surface area is 120 Å². The molecule has 0 aliphatic heterocycles. The summed E-state index contributed by atoms with van der Waals surface area (Å²) in [6.45, 7) is 7.35. The zero-order chi connectivity index (χ0) is 15.0. The Kier molecular flexibility index (Phi) is 4.22. The smallest absolute Gasteiger partial charge is 0.244 e. The number of nitrogens with one attached hydrogen (secondary N) is 1. The van der Waals surface area contributed by atoms with Crippen molar-refractivity contribution >= 4 is 10.0 Å². The van der Waals surface area contributed by atoms with Crippen molar-refractivity contribution in [1.82, 2.24) is 14.5 Å². The van der Waals surface area contributed by atoms with Crippen molar-refractivity contribution in [3.63, 3.8) is 0 Å². The number of aryl methyl sites for hydroxylation is 2. The zero-order valence-electron chi connectivity index (χ0n) is 12.4. The molecule has 7 heteroatoms. The van der Waals surface area contributed by atoms with Crippen LogP contribution >= 0.6 is 0 Å². The summed E-state index contributed by atoms with van der Waals surface area (Å²) in [5, 5.41) is 4.32. The van der Waals surface area contributed by atoms with E-state index in [1.54, 1.807) is 18.5 Å². The molecule has 20 heavy (non-hydrogen) atoms. The zero-order valence-corrected chi connectivity index (χ0v) is 13.3. The molecule has 0 unspecified atom stereocenters. The van der Waals surface area contributed by atoms with Crippen LogP contribution in [0.5, 0.6) is 0 Å². The van der Waals surface area contributed by atoms with Crippen LogP contribution in [0.2, 0.25) is 0 Å². The van der Waals surface area contributed by atoms with Crippen LogP contribution < -0.4 is 10.5 Å². The minimum atomic E-state index is -3.48. The van der Waals surface area contributed by atoms with Crippen LogP contribution in [0.25, 0.3) is 0 Å². The maximum atomic E-state index is 12.4. The molecule has 0 spiro atoms. The van der Waals surface area contributed by atoms with Gasteiger partial charge in [-0.2, -0.15) is 5.10 Å². The Morgan fingerprint density at radius 2 is 2.05 bits per heavy atom. The lowest BCUT2D eigenvalue weighted by atomic mass is 10.2. The van der Waals surface area contributed by atoms with E-state index in [0.717, 1.165) is 19.3 Å². The molecule has 0 radical (unpaired) electrons. The van der Waals surface area contributed by atoms with Gasteiger partial charge < -0.3 is 5.73 Å². The largest absolute Gasteiger partial charge is 0.330 e. The van der Waals surface area contributed by atoms with Gasteiger partial charge in [0, 0.05) is 13.1 Å². The maximum Gasteiger partial charge on any atom is 0.244 e. The van der Waals surface area contributed by atoms with E-state index in [-0.39, 0.29) is 5.41 Å². The third kappa shape index (κ3) is 3.21. The second-order valence-electron chi connectivity index (χ2n) is 6.00. The molecule has 1 fully saturated rings. The number of hydrogen-bond donors (Lipinski definition) is 2. The minimum Gasteiger partial charge on any atom is -0.330 e. The molecule has 1 aliphatic rings.